The van der Waals surface area contributed by atoms with Crippen molar-refractivity contribution in [3.63, 3.8) is 0 Å². The Balaban J connectivity index is 0.00000154. The standard InChI is InChI=1S/C26H33N5O.C2H6.CH4O/c1-6-9-22(31-12-14-32-15-13-31)16-25-23(7-2)20(5)29-30-26(25)28-19(4)24-11-8-10-21(17-27)18(24)3;2*1-2/h7-11,16,19H,6,12-15H2,1-5H3,(H,28,30);1-2H3;2H,1H3/b22-9-,23-7-,25-16+;;/t19-;;/m1../s1. The minimum Gasteiger partial charge on any atom is -0.400 e. The summed E-state index contributed by atoms with van der Waals surface area (Å²) in [6.45, 7) is 17.5. The third-order valence-corrected chi connectivity index (χ3v) is 5.92. The van der Waals surface area contributed by atoms with E-state index in [1.165, 1.54) is 5.70 Å². The van der Waals surface area contributed by atoms with Gasteiger partial charge in [-0.25, -0.2) is 0 Å². The molecule has 0 saturated carbocycles. The zero-order valence-electron chi connectivity index (χ0n) is 23.2. The maximum Gasteiger partial charge on any atom is 0.157 e. The Bertz CT molecular complexity index is 1150. The average molecular weight is 494 g/mol. The smallest absolute Gasteiger partial charge is 0.157 e. The highest BCUT2D eigenvalue weighted by Gasteiger charge is 2.15. The number of hydrogen-bond donors (Lipinski definition) is 2. The van der Waals surface area contributed by atoms with Crippen molar-refractivity contribution in [3.8, 4) is 6.07 Å². The average Bonchev–Trinajstić information content (AvgIpc) is 2.92. The summed E-state index contributed by atoms with van der Waals surface area (Å²) < 4.78 is 5.55. The highest BCUT2D eigenvalue weighted by atomic mass is 16.5. The number of aliphatic hydroxyl groups excluding tert-OH is 1. The van der Waals surface area contributed by atoms with Crippen molar-refractivity contribution in [1.29, 1.82) is 5.26 Å². The second-order valence-electron chi connectivity index (χ2n) is 8.03. The van der Waals surface area contributed by atoms with Gasteiger partial charge in [0.05, 0.1) is 36.6 Å². The van der Waals surface area contributed by atoms with Crippen LogP contribution in [0.2, 0.25) is 0 Å². The highest BCUT2D eigenvalue weighted by molar-refractivity contribution is 5.55. The van der Waals surface area contributed by atoms with Gasteiger partial charge >= 0.3 is 0 Å². The second-order valence-corrected chi connectivity index (χ2v) is 8.03. The first-order valence-corrected chi connectivity index (χ1v) is 12.7. The lowest BCUT2D eigenvalue weighted by Gasteiger charge is -2.30. The van der Waals surface area contributed by atoms with Gasteiger partial charge in [0.2, 0.25) is 0 Å². The van der Waals surface area contributed by atoms with Gasteiger partial charge in [-0.1, -0.05) is 45.1 Å². The normalized spacial score (nSPS) is 15.2. The molecule has 0 aliphatic carbocycles. The fraction of sp³-hybridized carbons (Fsp3) is 0.483. The fourth-order valence-electron chi connectivity index (χ4n) is 4.16. The minimum atomic E-state index is -0.0286. The molecule has 0 bridgehead atoms. The number of aromatic nitrogens is 2. The Morgan fingerprint density at radius 3 is 2.44 bits per heavy atom. The predicted octanol–water partition coefficient (Wildman–Crippen LogP) is 3.98. The third-order valence-electron chi connectivity index (χ3n) is 5.92. The fourth-order valence-corrected chi connectivity index (χ4v) is 4.16. The summed E-state index contributed by atoms with van der Waals surface area (Å²) in [6, 6.07) is 8.09. The molecular weight excluding hydrogens is 450 g/mol. The molecule has 36 heavy (non-hydrogen) atoms. The monoisotopic (exact) mass is 493 g/mol. The van der Waals surface area contributed by atoms with Crippen molar-refractivity contribution >= 4 is 18.0 Å². The Labute approximate surface area is 216 Å². The lowest BCUT2D eigenvalue weighted by atomic mass is 9.98. The number of aliphatic hydroxyl groups is 1. The molecule has 7 heteroatoms. The molecule has 3 rings (SSSR count). The molecule has 7 nitrogen and oxygen atoms in total. The molecule has 1 aliphatic heterocycles. The van der Waals surface area contributed by atoms with Crippen molar-refractivity contribution < 1.29 is 9.84 Å². The van der Waals surface area contributed by atoms with E-state index in [9.17, 15) is 5.26 Å². The van der Waals surface area contributed by atoms with Gasteiger partial charge in [-0.05, 0) is 57.4 Å². The number of benzene rings is 1. The number of nitrogens with one attached hydrogen (secondary N) is 1. The van der Waals surface area contributed by atoms with Crippen molar-refractivity contribution in [2.75, 3.05) is 38.7 Å². The first-order chi connectivity index (χ1) is 17.5. The summed E-state index contributed by atoms with van der Waals surface area (Å²) in [5.74, 6) is 0.744. The quantitative estimate of drug-likeness (QED) is 0.629. The van der Waals surface area contributed by atoms with Gasteiger partial charge in [-0.3, -0.25) is 0 Å². The molecule has 2 aromatic rings. The zero-order valence-corrected chi connectivity index (χ0v) is 23.2. The van der Waals surface area contributed by atoms with Crippen molar-refractivity contribution in [2.24, 2.45) is 0 Å². The van der Waals surface area contributed by atoms with Gasteiger partial charge < -0.3 is 20.1 Å². The van der Waals surface area contributed by atoms with E-state index >= 15 is 0 Å². The summed E-state index contributed by atoms with van der Waals surface area (Å²) in [6.07, 6.45) is 7.52. The number of anilines is 1. The van der Waals surface area contributed by atoms with Crippen LogP contribution in [0.4, 0.5) is 5.82 Å². The Kier molecular flexibility index (Phi) is 14.1. The van der Waals surface area contributed by atoms with E-state index in [0.29, 0.717) is 5.56 Å². The first kappa shape index (κ1) is 30.8. The topological polar surface area (TPSA) is 94.3 Å². The predicted molar refractivity (Wildman–Crippen MR) is 149 cm³/mol. The summed E-state index contributed by atoms with van der Waals surface area (Å²) in [5, 5.41) is 31.0. The molecule has 1 fully saturated rings. The van der Waals surface area contributed by atoms with E-state index in [-0.39, 0.29) is 6.04 Å². The Morgan fingerprint density at radius 1 is 1.19 bits per heavy atom. The number of morpholine rings is 1. The minimum absolute atomic E-state index is 0.0286. The van der Waals surface area contributed by atoms with Crippen molar-refractivity contribution in [1.82, 2.24) is 15.1 Å². The Morgan fingerprint density at radius 2 is 1.86 bits per heavy atom. The molecule has 2 heterocycles. The van der Waals surface area contributed by atoms with Gasteiger partial charge in [0, 0.05) is 36.3 Å². The number of rotatable bonds is 6. The van der Waals surface area contributed by atoms with Crippen LogP contribution in [0.15, 0.2) is 30.0 Å². The van der Waals surface area contributed by atoms with Crippen molar-refractivity contribution in [2.45, 2.75) is 60.9 Å². The number of ether oxygens (including phenoxy) is 1. The van der Waals surface area contributed by atoms with Gasteiger partial charge in [0.25, 0.3) is 0 Å². The lowest BCUT2D eigenvalue weighted by Crippen LogP contribution is -2.38. The van der Waals surface area contributed by atoms with Gasteiger partial charge in [0.1, 0.15) is 0 Å². The summed E-state index contributed by atoms with van der Waals surface area (Å²) in [7, 11) is 1.00. The molecule has 2 N–H and O–H groups in total. The summed E-state index contributed by atoms with van der Waals surface area (Å²) in [4.78, 5) is 2.37. The first-order valence-electron chi connectivity index (χ1n) is 12.7. The van der Waals surface area contributed by atoms with Gasteiger partial charge in [-0.2, -0.15) is 10.4 Å². The SMILES string of the molecule is C/C=c1/c(C)nnc(N[C@H](C)c2cccc(C#N)c2C)/c1=C/C(=C/CC)N1CCOCC1.CC.CO. The van der Waals surface area contributed by atoms with E-state index in [4.69, 9.17) is 9.84 Å². The second kappa shape index (κ2) is 16.5. The van der Waals surface area contributed by atoms with Crippen LogP contribution in [-0.2, 0) is 4.74 Å². The Hall–Kier alpha value is -3.21. The molecule has 1 aromatic heterocycles. The molecule has 0 radical (unpaired) electrons. The van der Waals surface area contributed by atoms with Gasteiger partial charge in [0.15, 0.2) is 5.82 Å². The van der Waals surface area contributed by atoms with Crippen LogP contribution < -0.4 is 15.8 Å². The summed E-state index contributed by atoms with van der Waals surface area (Å²) in [5.41, 5.74) is 4.85. The summed E-state index contributed by atoms with van der Waals surface area (Å²) >= 11 is 0. The molecule has 1 aliphatic rings. The molecule has 196 valence electrons. The molecule has 0 unspecified atom stereocenters. The lowest BCUT2D eigenvalue weighted by molar-refractivity contribution is 0.0561. The third kappa shape index (κ3) is 7.91. The van der Waals surface area contributed by atoms with Crippen LogP contribution in [0.3, 0.4) is 0 Å². The van der Waals surface area contributed by atoms with Crippen LogP contribution in [0.1, 0.15) is 69.5 Å². The van der Waals surface area contributed by atoms with Crippen LogP contribution in [0.25, 0.3) is 12.2 Å². The van der Waals surface area contributed by atoms with Crippen LogP contribution in [-0.4, -0.2) is 53.6 Å². The molecule has 1 aromatic carbocycles. The van der Waals surface area contributed by atoms with Crippen LogP contribution >= 0.6 is 0 Å². The number of nitrogens with zero attached hydrogens (tertiary/aromatic N) is 4. The van der Waals surface area contributed by atoms with E-state index in [1.54, 1.807) is 0 Å². The molecule has 1 saturated heterocycles. The largest absolute Gasteiger partial charge is 0.400 e. The van der Waals surface area contributed by atoms with Crippen molar-refractivity contribution in [3.05, 3.63) is 62.8 Å². The molecule has 0 spiro atoms. The van der Waals surface area contributed by atoms with E-state index in [1.807, 2.05) is 46.8 Å². The van der Waals surface area contributed by atoms with Gasteiger partial charge in [-0.15, -0.1) is 5.10 Å². The van der Waals surface area contributed by atoms with E-state index in [0.717, 1.165) is 72.9 Å². The molecule has 0 amide bonds. The van der Waals surface area contributed by atoms with Crippen LogP contribution in [0.5, 0.6) is 0 Å². The zero-order chi connectivity index (χ0) is 27.1. The molecular formula is C29H43N5O2. The number of hydrogen-bond acceptors (Lipinski definition) is 7. The maximum absolute atomic E-state index is 9.41. The van der Waals surface area contributed by atoms with E-state index < -0.39 is 0 Å². The van der Waals surface area contributed by atoms with Crippen LogP contribution in [0, 0.1) is 25.2 Å². The highest BCUT2D eigenvalue weighted by Crippen LogP contribution is 2.22. The van der Waals surface area contributed by atoms with E-state index in [2.05, 4.69) is 64.6 Å². The number of allylic oxidation sites excluding steroid dienone is 2. The maximum atomic E-state index is 9.41. The number of aryl methyl sites for hydroxylation is 1. The number of nitriles is 1. The molecule has 1 atom stereocenters.